The van der Waals surface area contributed by atoms with Crippen molar-refractivity contribution in [3.8, 4) is 17.1 Å². The van der Waals surface area contributed by atoms with Gasteiger partial charge in [0.2, 0.25) is 5.82 Å². The third-order valence-electron chi connectivity index (χ3n) is 4.01. The zero-order valence-electron chi connectivity index (χ0n) is 14.7. The van der Waals surface area contributed by atoms with E-state index in [1.807, 2.05) is 0 Å². The Morgan fingerprint density at radius 3 is 2.79 bits per heavy atom. The van der Waals surface area contributed by atoms with E-state index in [0.717, 1.165) is 0 Å². The first-order chi connectivity index (χ1) is 13.7. The van der Waals surface area contributed by atoms with Crippen molar-refractivity contribution < 1.29 is 18.8 Å². The predicted octanol–water partition coefficient (Wildman–Crippen LogP) is 2.34. The van der Waals surface area contributed by atoms with E-state index < -0.39 is 5.97 Å². The Hall–Kier alpha value is -4.01. The van der Waals surface area contributed by atoms with Crippen molar-refractivity contribution in [3.05, 3.63) is 70.5 Å². The number of methoxy groups -OCH3 is 1. The molecule has 0 atom stereocenters. The lowest BCUT2D eigenvalue weighted by Crippen LogP contribution is -2.16. The highest BCUT2D eigenvalue weighted by atomic mass is 16.6. The summed E-state index contributed by atoms with van der Waals surface area (Å²) in [7, 11) is 1.56. The number of benzene rings is 2. The van der Waals surface area contributed by atoms with E-state index in [0.29, 0.717) is 27.9 Å². The van der Waals surface area contributed by atoms with Gasteiger partial charge in [0, 0.05) is 10.9 Å². The summed E-state index contributed by atoms with van der Waals surface area (Å²) in [6, 6.07) is 13.8. The highest BCUT2D eigenvalue weighted by molar-refractivity contribution is 6.01. The van der Waals surface area contributed by atoms with Crippen LogP contribution in [0.1, 0.15) is 16.4 Å². The van der Waals surface area contributed by atoms with Gasteiger partial charge in [-0.15, -0.1) is 0 Å². The van der Waals surface area contributed by atoms with Crippen molar-refractivity contribution in [2.45, 2.75) is 6.61 Å². The lowest BCUT2D eigenvalue weighted by Gasteiger charge is -2.04. The third kappa shape index (κ3) is 3.32. The monoisotopic (exact) mass is 378 g/mol. The number of ether oxygens (including phenoxy) is 2. The van der Waals surface area contributed by atoms with Crippen LogP contribution in [0.15, 0.2) is 57.8 Å². The molecule has 0 amide bonds. The minimum atomic E-state index is -0.714. The molecule has 0 saturated heterocycles. The fraction of sp³-hybridized carbons (Fsp3) is 0.105. The second-order valence-corrected chi connectivity index (χ2v) is 5.77. The van der Waals surface area contributed by atoms with Crippen LogP contribution in [0.25, 0.3) is 22.2 Å². The van der Waals surface area contributed by atoms with Crippen molar-refractivity contribution in [1.82, 2.24) is 20.3 Å². The van der Waals surface area contributed by atoms with Crippen LogP contribution in [0.3, 0.4) is 0 Å². The van der Waals surface area contributed by atoms with Crippen molar-refractivity contribution in [3.63, 3.8) is 0 Å². The molecule has 0 bridgehead atoms. The Morgan fingerprint density at radius 1 is 1.14 bits per heavy atom. The highest BCUT2D eigenvalue weighted by Gasteiger charge is 2.17. The SMILES string of the molecule is COc1cccc(-c2noc(COC(=O)c3n[nH]c(=O)c4ccccc34)n2)c1. The summed E-state index contributed by atoms with van der Waals surface area (Å²) in [6.45, 7) is -0.231. The molecule has 140 valence electrons. The van der Waals surface area contributed by atoms with Gasteiger partial charge in [0.15, 0.2) is 12.3 Å². The Balaban J connectivity index is 1.51. The maximum absolute atomic E-state index is 12.4. The maximum atomic E-state index is 12.4. The molecular weight excluding hydrogens is 364 g/mol. The van der Waals surface area contributed by atoms with Crippen LogP contribution < -0.4 is 10.3 Å². The topological polar surface area (TPSA) is 120 Å². The standard InChI is InChI=1S/C19H14N4O5/c1-26-12-6-4-5-11(9-12)17-20-15(28-23-17)10-27-19(25)16-13-7-2-3-8-14(13)18(24)22-21-16/h2-9H,10H2,1H3,(H,22,24). The fourth-order valence-electron chi connectivity index (χ4n) is 2.66. The summed E-state index contributed by atoms with van der Waals surface area (Å²) in [5.41, 5.74) is 0.323. The van der Waals surface area contributed by atoms with Crippen LogP contribution in [0.5, 0.6) is 5.75 Å². The second kappa shape index (κ2) is 7.31. The van der Waals surface area contributed by atoms with Gasteiger partial charge in [-0.25, -0.2) is 9.89 Å². The number of fused-ring (bicyclic) bond motifs is 1. The summed E-state index contributed by atoms with van der Waals surface area (Å²) in [5.74, 6) is 0.414. The van der Waals surface area contributed by atoms with Gasteiger partial charge in [-0.2, -0.15) is 10.1 Å². The lowest BCUT2D eigenvalue weighted by atomic mass is 10.1. The van der Waals surface area contributed by atoms with Crippen LogP contribution in [0.2, 0.25) is 0 Å². The number of rotatable bonds is 5. The molecule has 0 aliphatic carbocycles. The van der Waals surface area contributed by atoms with E-state index in [4.69, 9.17) is 14.0 Å². The average Bonchev–Trinajstić information content (AvgIpc) is 3.22. The zero-order valence-corrected chi connectivity index (χ0v) is 14.7. The molecule has 0 aliphatic heterocycles. The van der Waals surface area contributed by atoms with E-state index in [2.05, 4.69) is 20.3 Å². The lowest BCUT2D eigenvalue weighted by molar-refractivity contribution is 0.0424. The molecule has 2 heterocycles. The molecule has 2 aromatic carbocycles. The van der Waals surface area contributed by atoms with Crippen LogP contribution in [-0.2, 0) is 11.3 Å². The molecule has 1 N–H and O–H groups in total. The molecule has 28 heavy (non-hydrogen) atoms. The Morgan fingerprint density at radius 2 is 1.96 bits per heavy atom. The molecule has 0 radical (unpaired) electrons. The molecule has 0 unspecified atom stereocenters. The molecule has 9 nitrogen and oxygen atoms in total. The number of aromatic nitrogens is 4. The Kier molecular flexibility index (Phi) is 4.55. The summed E-state index contributed by atoms with van der Waals surface area (Å²) in [5, 5.41) is 10.7. The molecule has 0 aliphatic rings. The van der Waals surface area contributed by atoms with Crippen molar-refractivity contribution in [2.24, 2.45) is 0 Å². The molecule has 0 fully saturated rings. The number of carbonyl (C=O) groups is 1. The Labute approximate surface area is 157 Å². The average molecular weight is 378 g/mol. The molecule has 2 aromatic heterocycles. The van der Waals surface area contributed by atoms with E-state index in [-0.39, 0.29) is 23.8 Å². The molecule has 4 rings (SSSR count). The number of H-pyrrole nitrogens is 1. The molecule has 0 spiro atoms. The van der Waals surface area contributed by atoms with Gasteiger partial charge in [-0.05, 0) is 18.2 Å². The number of carbonyl (C=O) groups excluding carboxylic acids is 1. The molecule has 9 heteroatoms. The summed E-state index contributed by atoms with van der Waals surface area (Å²) in [6.07, 6.45) is 0. The number of nitrogens with zero attached hydrogens (tertiary/aromatic N) is 3. The van der Waals surface area contributed by atoms with E-state index >= 15 is 0 Å². The van der Waals surface area contributed by atoms with Crippen LogP contribution >= 0.6 is 0 Å². The smallest absolute Gasteiger partial charge is 0.359 e. The zero-order chi connectivity index (χ0) is 19.5. The van der Waals surface area contributed by atoms with Crippen LogP contribution in [0, 0.1) is 0 Å². The maximum Gasteiger partial charge on any atom is 0.359 e. The minimum Gasteiger partial charge on any atom is -0.497 e. The number of hydrogen-bond acceptors (Lipinski definition) is 8. The van der Waals surface area contributed by atoms with E-state index in [9.17, 15) is 9.59 Å². The fourth-order valence-corrected chi connectivity index (χ4v) is 2.66. The number of hydrogen-bond donors (Lipinski definition) is 1. The van der Waals surface area contributed by atoms with Crippen LogP contribution in [0.4, 0.5) is 0 Å². The summed E-state index contributed by atoms with van der Waals surface area (Å²) in [4.78, 5) is 28.4. The van der Waals surface area contributed by atoms with E-state index in [1.165, 1.54) is 0 Å². The minimum absolute atomic E-state index is 0.00253. The van der Waals surface area contributed by atoms with E-state index in [1.54, 1.807) is 55.6 Å². The van der Waals surface area contributed by atoms with Gasteiger partial charge in [0.25, 0.3) is 11.4 Å². The molecular formula is C19H14N4O5. The first kappa shape index (κ1) is 17.4. The van der Waals surface area contributed by atoms with Crippen molar-refractivity contribution in [2.75, 3.05) is 7.11 Å². The van der Waals surface area contributed by atoms with Crippen LogP contribution in [-0.4, -0.2) is 33.4 Å². The number of esters is 1. The van der Waals surface area contributed by atoms with Gasteiger partial charge in [0.1, 0.15) is 5.75 Å². The van der Waals surface area contributed by atoms with Gasteiger partial charge in [-0.3, -0.25) is 4.79 Å². The number of aromatic amines is 1. The summed E-state index contributed by atoms with van der Waals surface area (Å²) < 4.78 is 15.5. The van der Waals surface area contributed by atoms with Gasteiger partial charge in [0.05, 0.1) is 12.5 Å². The largest absolute Gasteiger partial charge is 0.497 e. The first-order valence-corrected chi connectivity index (χ1v) is 8.27. The van der Waals surface area contributed by atoms with Gasteiger partial charge < -0.3 is 14.0 Å². The molecule has 4 aromatic rings. The molecule has 0 saturated carbocycles. The van der Waals surface area contributed by atoms with Crippen molar-refractivity contribution in [1.29, 1.82) is 0 Å². The quantitative estimate of drug-likeness (QED) is 0.525. The first-order valence-electron chi connectivity index (χ1n) is 8.27. The van der Waals surface area contributed by atoms with Gasteiger partial charge >= 0.3 is 5.97 Å². The predicted molar refractivity (Wildman–Crippen MR) is 97.8 cm³/mol. The third-order valence-corrected chi connectivity index (χ3v) is 4.01. The van der Waals surface area contributed by atoms with Crippen molar-refractivity contribution >= 4 is 16.7 Å². The number of nitrogens with one attached hydrogen (secondary N) is 1. The normalized spacial score (nSPS) is 10.8. The second-order valence-electron chi connectivity index (χ2n) is 5.77. The summed E-state index contributed by atoms with van der Waals surface area (Å²) >= 11 is 0. The highest BCUT2D eigenvalue weighted by Crippen LogP contribution is 2.21. The van der Waals surface area contributed by atoms with Gasteiger partial charge in [-0.1, -0.05) is 35.5 Å². The Bertz CT molecular complexity index is 1210.